The van der Waals surface area contributed by atoms with E-state index in [1.807, 2.05) is 17.0 Å². The van der Waals surface area contributed by atoms with E-state index in [4.69, 9.17) is 11.0 Å². The summed E-state index contributed by atoms with van der Waals surface area (Å²) in [5.41, 5.74) is 6.25. The Bertz CT molecular complexity index is 435. The highest BCUT2D eigenvalue weighted by molar-refractivity contribution is 5.47. The fraction of sp³-hybridized carbons (Fsp3) is 0.462. The van der Waals surface area contributed by atoms with Crippen molar-refractivity contribution < 1.29 is 4.39 Å². The van der Waals surface area contributed by atoms with Crippen LogP contribution in [0.1, 0.15) is 0 Å². The molecule has 1 aliphatic heterocycles. The lowest BCUT2D eigenvalue weighted by molar-refractivity contribution is 0.253. The second-order valence-corrected chi connectivity index (χ2v) is 4.47. The number of para-hydroxylation sites is 1. The number of hydrogen-bond donors (Lipinski definition) is 1. The van der Waals surface area contributed by atoms with Gasteiger partial charge in [-0.15, -0.1) is 0 Å². The van der Waals surface area contributed by atoms with Gasteiger partial charge < -0.3 is 10.6 Å². The number of hydrogen-bond acceptors (Lipinski definition) is 4. The third-order valence-corrected chi connectivity index (χ3v) is 3.19. The molecule has 0 saturated carbocycles. The predicted octanol–water partition coefficient (Wildman–Crippen LogP) is 0.799. The molecule has 0 spiro atoms. The van der Waals surface area contributed by atoms with Gasteiger partial charge in [-0.3, -0.25) is 4.90 Å². The molecular weight excluding hydrogens is 231 g/mol. The molecule has 1 aliphatic rings. The molecular formula is C13H17FN4. The van der Waals surface area contributed by atoms with Gasteiger partial charge in [-0.1, -0.05) is 12.1 Å². The van der Waals surface area contributed by atoms with Gasteiger partial charge in [-0.25, -0.2) is 4.39 Å². The van der Waals surface area contributed by atoms with Crippen LogP contribution in [0.25, 0.3) is 0 Å². The summed E-state index contributed by atoms with van der Waals surface area (Å²) in [5.74, 6) is -0.181. The van der Waals surface area contributed by atoms with E-state index < -0.39 is 6.04 Å². The molecule has 1 aromatic carbocycles. The van der Waals surface area contributed by atoms with Crippen molar-refractivity contribution in [2.45, 2.75) is 6.04 Å². The van der Waals surface area contributed by atoms with E-state index in [0.29, 0.717) is 12.2 Å². The Morgan fingerprint density at radius 1 is 1.28 bits per heavy atom. The van der Waals surface area contributed by atoms with Crippen molar-refractivity contribution >= 4 is 5.69 Å². The highest BCUT2D eigenvalue weighted by Gasteiger charge is 2.20. The molecule has 0 amide bonds. The average Bonchev–Trinajstić information content (AvgIpc) is 2.40. The van der Waals surface area contributed by atoms with Gasteiger partial charge in [0.25, 0.3) is 0 Å². The zero-order valence-corrected chi connectivity index (χ0v) is 10.2. The summed E-state index contributed by atoms with van der Waals surface area (Å²) in [6.45, 7) is 3.73. The van der Waals surface area contributed by atoms with Crippen LogP contribution in [0.3, 0.4) is 0 Å². The molecule has 2 rings (SSSR count). The Labute approximate surface area is 106 Å². The number of halogens is 1. The van der Waals surface area contributed by atoms with Gasteiger partial charge in [0, 0.05) is 32.7 Å². The summed E-state index contributed by atoms with van der Waals surface area (Å²) in [6, 6.07) is 8.40. The predicted molar refractivity (Wildman–Crippen MR) is 68.6 cm³/mol. The normalized spacial score (nSPS) is 18.4. The van der Waals surface area contributed by atoms with E-state index >= 15 is 0 Å². The van der Waals surface area contributed by atoms with Crippen LogP contribution in [-0.2, 0) is 0 Å². The van der Waals surface area contributed by atoms with Gasteiger partial charge in [0.05, 0.1) is 11.8 Å². The number of rotatable bonds is 3. The largest absolute Gasteiger partial charge is 0.367 e. The summed E-state index contributed by atoms with van der Waals surface area (Å²) in [5, 5.41) is 8.67. The number of nitrogens with two attached hydrogens (primary N) is 1. The molecule has 2 N–H and O–H groups in total. The van der Waals surface area contributed by atoms with E-state index in [-0.39, 0.29) is 5.82 Å². The molecule has 0 aromatic heterocycles. The van der Waals surface area contributed by atoms with Crippen LogP contribution >= 0.6 is 0 Å². The maximum absolute atomic E-state index is 13.6. The van der Waals surface area contributed by atoms with Crippen molar-refractivity contribution in [3.05, 3.63) is 30.1 Å². The maximum Gasteiger partial charge on any atom is 0.146 e. The van der Waals surface area contributed by atoms with E-state index in [9.17, 15) is 4.39 Å². The van der Waals surface area contributed by atoms with Crippen molar-refractivity contribution in [3.8, 4) is 6.07 Å². The SMILES string of the molecule is N#CC(N)CN1CCN(c2ccccc2F)CC1. The Morgan fingerprint density at radius 3 is 2.56 bits per heavy atom. The highest BCUT2D eigenvalue weighted by atomic mass is 19.1. The lowest BCUT2D eigenvalue weighted by atomic mass is 10.2. The number of nitriles is 1. The molecule has 4 nitrogen and oxygen atoms in total. The molecule has 96 valence electrons. The first-order valence-electron chi connectivity index (χ1n) is 6.07. The van der Waals surface area contributed by atoms with E-state index in [1.165, 1.54) is 6.07 Å². The number of anilines is 1. The first kappa shape index (κ1) is 12.8. The van der Waals surface area contributed by atoms with Crippen LogP contribution in [0.2, 0.25) is 0 Å². The molecule has 1 heterocycles. The molecule has 1 fully saturated rings. The summed E-state index contributed by atoms with van der Waals surface area (Å²) in [4.78, 5) is 4.18. The van der Waals surface area contributed by atoms with E-state index in [1.54, 1.807) is 12.1 Å². The molecule has 1 unspecified atom stereocenters. The van der Waals surface area contributed by atoms with Crippen LogP contribution in [0.15, 0.2) is 24.3 Å². The van der Waals surface area contributed by atoms with Gasteiger partial charge in [0.1, 0.15) is 11.9 Å². The number of benzene rings is 1. The van der Waals surface area contributed by atoms with Gasteiger partial charge in [0.15, 0.2) is 0 Å². The molecule has 18 heavy (non-hydrogen) atoms. The third kappa shape index (κ3) is 2.97. The molecule has 1 atom stereocenters. The minimum atomic E-state index is -0.440. The van der Waals surface area contributed by atoms with Gasteiger partial charge in [0.2, 0.25) is 0 Å². The fourth-order valence-electron chi connectivity index (χ4n) is 2.20. The van der Waals surface area contributed by atoms with Crippen LogP contribution in [-0.4, -0.2) is 43.7 Å². The molecule has 5 heteroatoms. The lowest BCUT2D eigenvalue weighted by Crippen LogP contribution is -2.49. The Hall–Kier alpha value is -1.64. The summed E-state index contributed by atoms with van der Waals surface area (Å²) < 4.78 is 13.6. The van der Waals surface area contributed by atoms with Gasteiger partial charge in [-0.05, 0) is 12.1 Å². The quantitative estimate of drug-likeness (QED) is 0.859. The smallest absolute Gasteiger partial charge is 0.146 e. The van der Waals surface area contributed by atoms with Crippen molar-refractivity contribution in [1.82, 2.24) is 4.90 Å². The van der Waals surface area contributed by atoms with E-state index in [0.717, 1.165) is 26.2 Å². The zero-order chi connectivity index (χ0) is 13.0. The van der Waals surface area contributed by atoms with Gasteiger partial charge in [-0.2, -0.15) is 5.26 Å². The molecule has 0 bridgehead atoms. The Kier molecular flexibility index (Phi) is 4.13. The maximum atomic E-state index is 13.6. The number of nitrogens with zero attached hydrogens (tertiary/aromatic N) is 3. The first-order chi connectivity index (χ1) is 8.70. The Morgan fingerprint density at radius 2 is 1.94 bits per heavy atom. The lowest BCUT2D eigenvalue weighted by Gasteiger charge is -2.36. The molecule has 0 radical (unpaired) electrons. The third-order valence-electron chi connectivity index (χ3n) is 3.19. The minimum Gasteiger partial charge on any atom is -0.367 e. The van der Waals surface area contributed by atoms with Gasteiger partial charge >= 0.3 is 0 Å². The fourth-order valence-corrected chi connectivity index (χ4v) is 2.20. The van der Waals surface area contributed by atoms with Crippen molar-refractivity contribution in [2.75, 3.05) is 37.6 Å². The van der Waals surface area contributed by atoms with Crippen LogP contribution in [0.4, 0.5) is 10.1 Å². The monoisotopic (exact) mass is 248 g/mol. The minimum absolute atomic E-state index is 0.181. The van der Waals surface area contributed by atoms with Crippen molar-refractivity contribution in [3.63, 3.8) is 0 Å². The standard InChI is InChI=1S/C13H17FN4/c14-12-3-1-2-4-13(12)18-7-5-17(6-8-18)10-11(16)9-15/h1-4,11H,5-8,10,16H2. The molecule has 0 aliphatic carbocycles. The van der Waals surface area contributed by atoms with Crippen molar-refractivity contribution in [2.24, 2.45) is 5.73 Å². The Balaban J connectivity index is 1.91. The topological polar surface area (TPSA) is 56.3 Å². The second-order valence-electron chi connectivity index (χ2n) is 4.47. The summed E-state index contributed by atoms with van der Waals surface area (Å²) in [6.07, 6.45) is 0. The number of piperazine rings is 1. The molecule has 1 aromatic rings. The first-order valence-corrected chi connectivity index (χ1v) is 6.07. The summed E-state index contributed by atoms with van der Waals surface area (Å²) in [7, 11) is 0. The van der Waals surface area contributed by atoms with Crippen molar-refractivity contribution in [1.29, 1.82) is 5.26 Å². The van der Waals surface area contributed by atoms with Crippen LogP contribution in [0.5, 0.6) is 0 Å². The van der Waals surface area contributed by atoms with Crippen LogP contribution in [0, 0.1) is 17.1 Å². The second kappa shape index (κ2) is 5.80. The summed E-state index contributed by atoms with van der Waals surface area (Å²) >= 11 is 0. The van der Waals surface area contributed by atoms with Crippen LogP contribution < -0.4 is 10.6 Å². The zero-order valence-electron chi connectivity index (χ0n) is 10.2. The van der Waals surface area contributed by atoms with E-state index in [2.05, 4.69) is 4.90 Å². The average molecular weight is 248 g/mol. The highest BCUT2D eigenvalue weighted by Crippen LogP contribution is 2.19. The molecule has 1 saturated heterocycles.